The number of rotatable bonds is 17. The molecule has 0 radical (unpaired) electrons. The van der Waals surface area contributed by atoms with Crippen molar-refractivity contribution in [3.05, 3.63) is 47.5 Å². The molecule has 39 heavy (non-hydrogen) atoms. The molecule has 8 nitrogen and oxygen atoms in total. The molecule has 1 aromatic rings. The predicted octanol–water partition coefficient (Wildman–Crippen LogP) is 5.22. The van der Waals surface area contributed by atoms with Crippen LogP contribution in [-0.4, -0.2) is 46.5 Å². The fraction of sp³-hybridized carbons (Fsp3) is 0.581. The van der Waals surface area contributed by atoms with Gasteiger partial charge >= 0.3 is 0 Å². The number of nitrogens with one attached hydrogen (secondary N) is 2. The van der Waals surface area contributed by atoms with Crippen LogP contribution in [0.1, 0.15) is 124 Å². The summed E-state index contributed by atoms with van der Waals surface area (Å²) in [5.74, 6) is -2.74. The van der Waals surface area contributed by atoms with Crippen molar-refractivity contribution >= 4 is 29.5 Å². The number of hydrogen-bond donors (Lipinski definition) is 2. The molecule has 1 fully saturated rings. The van der Waals surface area contributed by atoms with Gasteiger partial charge in [-0.25, -0.2) is 0 Å². The molecule has 0 bridgehead atoms. The van der Waals surface area contributed by atoms with Gasteiger partial charge in [-0.1, -0.05) is 82.6 Å². The van der Waals surface area contributed by atoms with E-state index in [1.807, 2.05) is 0 Å². The summed E-state index contributed by atoms with van der Waals surface area (Å²) >= 11 is 0. The Labute approximate surface area is 232 Å². The predicted molar refractivity (Wildman–Crippen MR) is 150 cm³/mol. The van der Waals surface area contributed by atoms with Gasteiger partial charge in [-0.3, -0.25) is 34.2 Å². The van der Waals surface area contributed by atoms with Crippen molar-refractivity contribution in [2.24, 2.45) is 0 Å². The average molecular weight is 538 g/mol. The van der Waals surface area contributed by atoms with Gasteiger partial charge in [-0.05, 0) is 44.2 Å². The summed E-state index contributed by atoms with van der Waals surface area (Å²) in [6.07, 6.45) is 20.0. The van der Waals surface area contributed by atoms with Crippen LogP contribution in [0.25, 0.3) is 0 Å². The third-order valence-corrected chi connectivity index (χ3v) is 7.46. The molecule has 2 unspecified atom stereocenters. The van der Waals surface area contributed by atoms with Crippen molar-refractivity contribution in [2.45, 2.75) is 115 Å². The molecule has 0 aromatic heterocycles. The summed E-state index contributed by atoms with van der Waals surface area (Å²) in [6.45, 7) is 2.24. The second-order valence-corrected chi connectivity index (χ2v) is 10.6. The molecule has 5 amide bonds. The van der Waals surface area contributed by atoms with Gasteiger partial charge < -0.3 is 5.32 Å². The zero-order valence-corrected chi connectivity index (χ0v) is 23.2. The zero-order valence-electron chi connectivity index (χ0n) is 23.2. The molecular formula is C31H43N3O5. The summed E-state index contributed by atoms with van der Waals surface area (Å²) in [4.78, 5) is 63.8. The van der Waals surface area contributed by atoms with E-state index in [-0.39, 0.29) is 29.9 Å². The van der Waals surface area contributed by atoms with E-state index in [4.69, 9.17) is 0 Å². The maximum atomic E-state index is 12.8. The Morgan fingerprint density at radius 2 is 1.36 bits per heavy atom. The van der Waals surface area contributed by atoms with E-state index in [1.165, 1.54) is 57.1 Å². The lowest BCUT2D eigenvalue weighted by Crippen LogP contribution is -2.62. The van der Waals surface area contributed by atoms with Gasteiger partial charge in [-0.15, -0.1) is 0 Å². The lowest BCUT2D eigenvalue weighted by atomic mass is 9.99. The summed E-state index contributed by atoms with van der Waals surface area (Å²) in [7, 11) is 0. The van der Waals surface area contributed by atoms with Gasteiger partial charge in [0.1, 0.15) is 12.1 Å². The third kappa shape index (κ3) is 8.87. The van der Waals surface area contributed by atoms with Crippen LogP contribution in [-0.2, 0) is 14.4 Å². The molecule has 2 heterocycles. The first-order chi connectivity index (χ1) is 18.9. The Morgan fingerprint density at radius 1 is 0.821 bits per heavy atom. The smallest absolute Gasteiger partial charge is 0.262 e. The minimum Gasteiger partial charge on any atom is -0.344 e. The van der Waals surface area contributed by atoms with Gasteiger partial charge in [0.25, 0.3) is 11.8 Å². The number of piperidine rings is 1. The monoisotopic (exact) mass is 537 g/mol. The molecular weight excluding hydrogens is 494 g/mol. The Hall–Kier alpha value is -3.29. The summed E-state index contributed by atoms with van der Waals surface area (Å²) in [6, 6.07) is 4.24. The van der Waals surface area contributed by atoms with E-state index in [9.17, 15) is 24.0 Å². The van der Waals surface area contributed by atoms with Gasteiger partial charge in [0.15, 0.2) is 0 Å². The zero-order chi connectivity index (χ0) is 28.0. The van der Waals surface area contributed by atoms with E-state index in [2.05, 4.69) is 29.7 Å². The highest BCUT2D eigenvalue weighted by Crippen LogP contribution is 2.27. The van der Waals surface area contributed by atoms with Crippen LogP contribution >= 0.6 is 0 Å². The number of nitrogens with zero attached hydrogens (tertiary/aromatic N) is 1. The molecule has 2 atom stereocenters. The van der Waals surface area contributed by atoms with E-state index < -0.39 is 35.7 Å². The highest BCUT2D eigenvalue weighted by molar-refractivity contribution is 6.23. The number of fused-ring (bicyclic) bond motifs is 1. The van der Waals surface area contributed by atoms with Crippen molar-refractivity contribution in [1.29, 1.82) is 0 Å². The Kier molecular flexibility index (Phi) is 12.4. The first-order valence-electron chi connectivity index (χ1n) is 14.7. The van der Waals surface area contributed by atoms with Gasteiger partial charge in [-0.2, -0.15) is 0 Å². The molecule has 0 saturated carbocycles. The Bertz CT molecular complexity index is 1020. The van der Waals surface area contributed by atoms with Gasteiger partial charge in [0, 0.05) is 12.8 Å². The maximum Gasteiger partial charge on any atom is 0.262 e. The molecule has 2 aliphatic rings. The fourth-order valence-corrected chi connectivity index (χ4v) is 5.19. The second-order valence-electron chi connectivity index (χ2n) is 10.6. The molecule has 2 aliphatic heterocycles. The van der Waals surface area contributed by atoms with Crippen molar-refractivity contribution < 1.29 is 24.0 Å². The molecule has 2 N–H and O–H groups in total. The largest absolute Gasteiger partial charge is 0.344 e. The van der Waals surface area contributed by atoms with E-state index >= 15 is 0 Å². The van der Waals surface area contributed by atoms with E-state index in [0.717, 1.165) is 43.4 Å². The molecule has 1 saturated heterocycles. The van der Waals surface area contributed by atoms with Crippen molar-refractivity contribution in [2.75, 3.05) is 0 Å². The number of carbonyl (C=O) groups is 5. The first kappa shape index (κ1) is 30.3. The fourth-order valence-electron chi connectivity index (χ4n) is 5.19. The van der Waals surface area contributed by atoms with Crippen molar-refractivity contribution in [3.8, 4) is 0 Å². The lowest BCUT2D eigenvalue weighted by molar-refractivity contribution is -0.140. The number of unbranched alkanes of at least 4 members (excludes halogenated alkanes) is 11. The molecule has 8 heteroatoms. The number of carbonyl (C=O) groups excluding carboxylic acids is 5. The Balaban J connectivity index is 1.29. The van der Waals surface area contributed by atoms with E-state index in [0.29, 0.717) is 0 Å². The van der Waals surface area contributed by atoms with Crippen LogP contribution in [0.2, 0.25) is 0 Å². The molecule has 1 aromatic carbocycles. The van der Waals surface area contributed by atoms with Crippen LogP contribution in [0, 0.1) is 0 Å². The second kappa shape index (κ2) is 16.0. The minimum absolute atomic E-state index is 0.131. The van der Waals surface area contributed by atoms with Crippen molar-refractivity contribution in [3.63, 3.8) is 0 Å². The number of amides is 5. The molecule has 212 valence electrons. The van der Waals surface area contributed by atoms with Crippen LogP contribution in [0.15, 0.2) is 36.4 Å². The summed E-state index contributed by atoms with van der Waals surface area (Å²) in [5, 5.41) is 4.89. The Morgan fingerprint density at radius 3 is 1.95 bits per heavy atom. The number of imide groups is 2. The highest BCUT2D eigenvalue weighted by Gasteiger charge is 2.47. The van der Waals surface area contributed by atoms with Gasteiger partial charge in [0.2, 0.25) is 17.7 Å². The standard InChI is InChI=1S/C31H43N3O5/c1-2-3-4-5-6-7-8-9-10-11-12-13-14-15-16-21-27(35)32-25-22-26(29(37)33-28(25)36)34-30(38)23-19-17-18-20-24(23)31(34)39/h9-10,17-20,25-26H,2-8,11-16,21-22H2,1H3,(H,32,35)(H,33,36,37)/b10-9+. The average Bonchev–Trinajstić information content (AvgIpc) is 3.17. The first-order valence-corrected chi connectivity index (χ1v) is 14.7. The van der Waals surface area contributed by atoms with Crippen LogP contribution in [0.5, 0.6) is 0 Å². The lowest BCUT2D eigenvalue weighted by Gasteiger charge is -2.32. The number of hydrogen-bond acceptors (Lipinski definition) is 5. The SMILES string of the molecule is CCCCCCCC/C=C/CCCCCCCC(=O)NC1CC(N2C(=O)c3ccccc3C2=O)C(=O)NC1=O. The minimum atomic E-state index is -1.15. The summed E-state index contributed by atoms with van der Waals surface area (Å²) < 4.78 is 0. The topological polar surface area (TPSA) is 113 Å². The summed E-state index contributed by atoms with van der Waals surface area (Å²) in [5.41, 5.74) is 0.467. The highest BCUT2D eigenvalue weighted by atomic mass is 16.2. The molecule has 3 rings (SSSR count). The molecule has 0 spiro atoms. The van der Waals surface area contributed by atoms with Crippen molar-refractivity contribution in [1.82, 2.24) is 15.5 Å². The number of allylic oxidation sites excluding steroid dienone is 2. The quantitative estimate of drug-likeness (QED) is 0.161. The van der Waals surface area contributed by atoms with Crippen LogP contribution in [0.3, 0.4) is 0 Å². The number of benzene rings is 1. The van der Waals surface area contributed by atoms with Crippen LogP contribution < -0.4 is 10.6 Å². The third-order valence-electron chi connectivity index (χ3n) is 7.46. The van der Waals surface area contributed by atoms with Crippen LogP contribution in [0.4, 0.5) is 0 Å². The van der Waals surface area contributed by atoms with E-state index in [1.54, 1.807) is 12.1 Å². The maximum absolute atomic E-state index is 12.8. The normalized spacial score (nSPS) is 19.1. The molecule has 0 aliphatic carbocycles. The van der Waals surface area contributed by atoms with Gasteiger partial charge in [0.05, 0.1) is 11.1 Å².